The average molecular weight is 324 g/mol. The van der Waals surface area contributed by atoms with E-state index in [0.717, 1.165) is 11.1 Å². The van der Waals surface area contributed by atoms with Crippen LogP contribution in [-0.2, 0) is 14.3 Å². The smallest absolute Gasteiger partial charge is 0.306 e. The van der Waals surface area contributed by atoms with Crippen molar-refractivity contribution in [3.05, 3.63) is 40.9 Å². The van der Waals surface area contributed by atoms with Gasteiger partial charge in [-0.1, -0.05) is 29.8 Å². The summed E-state index contributed by atoms with van der Waals surface area (Å²) in [4.78, 5) is 24.7. The standard InChI is InChI=1S/C16H18ClNO4/c1-11(13-4-2-3-5-14(13)17)8-15(19)18-6-7-22-12(10-18)9-16(20)21/h2-5,8,12H,6-7,9-10H2,1H3,(H,20,21)/b11-8-. The Kier molecular flexibility index (Phi) is 5.57. The number of allylic oxidation sites excluding steroid dienone is 1. The summed E-state index contributed by atoms with van der Waals surface area (Å²) in [5.74, 6) is -1.09. The zero-order valence-electron chi connectivity index (χ0n) is 12.3. The van der Waals surface area contributed by atoms with Gasteiger partial charge in [0.15, 0.2) is 0 Å². The number of carbonyl (C=O) groups excluding carboxylic acids is 1. The molecule has 2 rings (SSSR count). The Morgan fingerprint density at radius 1 is 1.45 bits per heavy atom. The van der Waals surface area contributed by atoms with Crippen LogP contribution in [0.2, 0.25) is 5.02 Å². The third-order valence-corrected chi connectivity index (χ3v) is 3.82. The zero-order valence-corrected chi connectivity index (χ0v) is 13.0. The van der Waals surface area contributed by atoms with Crippen LogP contribution in [0.4, 0.5) is 0 Å². The maximum atomic E-state index is 12.3. The summed E-state index contributed by atoms with van der Waals surface area (Å²) in [6, 6.07) is 7.32. The van der Waals surface area contributed by atoms with Gasteiger partial charge in [0.1, 0.15) is 0 Å². The Morgan fingerprint density at radius 3 is 2.86 bits per heavy atom. The Bertz CT molecular complexity index is 600. The molecule has 0 bridgehead atoms. The molecule has 1 saturated heterocycles. The van der Waals surface area contributed by atoms with Gasteiger partial charge in [0.25, 0.3) is 0 Å². The van der Waals surface area contributed by atoms with E-state index in [1.54, 1.807) is 11.0 Å². The van der Waals surface area contributed by atoms with Crippen LogP contribution in [0.15, 0.2) is 30.3 Å². The number of ether oxygens (including phenoxy) is 1. The van der Waals surface area contributed by atoms with Crippen LogP contribution >= 0.6 is 11.6 Å². The summed E-state index contributed by atoms with van der Waals surface area (Å²) in [6.07, 6.45) is 0.977. The third kappa shape index (κ3) is 4.32. The molecule has 118 valence electrons. The molecule has 1 atom stereocenters. The summed E-state index contributed by atoms with van der Waals surface area (Å²) >= 11 is 6.12. The first-order valence-electron chi connectivity index (χ1n) is 7.03. The second kappa shape index (κ2) is 7.42. The number of hydrogen-bond donors (Lipinski definition) is 1. The van der Waals surface area contributed by atoms with E-state index in [1.807, 2.05) is 25.1 Å². The van der Waals surface area contributed by atoms with Gasteiger partial charge in [-0.2, -0.15) is 0 Å². The summed E-state index contributed by atoms with van der Waals surface area (Å²) in [7, 11) is 0. The number of hydrogen-bond acceptors (Lipinski definition) is 3. The van der Waals surface area contributed by atoms with Crippen LogP contribution in [0.5, 0.6) is 0 Å². The molecule has 1 aromatic carbocycles. The quantitative estimate of drug-likeness (QED) is 0.864. The topological polar surface area (TPSA) is 66.8 Å². The SMILES string of the molecule is C/C(=C/C(=O)N1CCOC(CC(=O)O)C1)c1ccccc1Cl. The Balaban J connectivity index is 2.06. The van der Waals surface area contributed by atoms with E-state index in [0.29, 0.717) is 18.2 Å². The minimum Gasteiger partial charge on any atom is -0.481 e. The molecular weight excluding hydrogens is 306 g/mol. The number of carboxylic acids is 1. The van der Waals surface area contributed by atoms with E-state index >= 15 is 0 Å². The third-order valence-electron chi connectivity index (χ3n) is 3.49. The molecule has 1 amide bonds. The van der Waals surface area contributed by atoms with Crippen molar-refractivity contribution in [2.75, 3.05) is 19.7 Å². The highest BCUT2D eigenvalue weighted by molar-refractivity contribution is 6.32. The molecule has 22 heavy (non-hydrogen) atoms. The second-order valence-electron chi connectivity index (χ2n) is 5.18. The van der Waals surface area contributed by atoms with Gasteiger partial charge in [-0.05, 0) is 24.1 Å². The molecule has 5 nitrogen and oxygen atoms in total. The van der Waals surface area contributed by atoms with E-state index in [2.05, 4.69) is 0 Å². The lowest BCUT2D eigenvalue weighted by Crippen LogP contribution is -2.45. The Hall–Kier alpha value is -1.85. The molecule has 1 aliphatic heterocycles. The molecule has 1 fully saturated rings. The molecule has 1 N–H and O–H groups in total. The van der Waals surface area contributed by atoms with Crippen LogP contribution < -0.4 is 0 Å². The first-order chi connectivity index (χ1) is 10.5. The molecule has 0 radical (unpaired) electrons. The zero-order chi connectivity index (χ0) is 16.1. The highest BCUT2D eigenvalue weighted by Gasteiger charge is 2.25. The molecular formula is C16H18ClNO4. The van der Waals surface area contributed by atoms with Crippen LogP contribution in [0.1, 0.15) is 18.9 Å². The summed E-state index contributed by atoms with van der Waals surface area (Å²) in [5, 5.41) is 9.40. The number of halogens is 1. The van der Waals surface area contributed by atoms with Crippen molar-refractivity contribution in [3.8, 4) is 0 Å². The molecule has 0 saturated carbocycles. The summed E-state index contributed by atoms with van der Waals surface area (Å²) in [6.45, 7) is 2.93. The van der Waals surface area contributed by atoms with Crippen LogP contribution in [-0.4, -0.2) is 47.7 Å². The number of carbonyl (C=O) groups is 2. The van der Waals surface area contributed by atoms with Crippen LogP contribution in [0, 0.1) is 0 Å². The van der Waals surface area contributed by atoms with Gasteiger partial charge in [0.05, 0.1) is 19.1 Å². The van der Waals surface area contributed by atoms with Crippen molar-refractivity contribution in [2.45, 2.75) is 19.4 Å². The van der Waals surface area contributed by atoms with Gasteiger partial charge < -0.3 is 14.7 Å². The van der Waals surface area contributed by atoms with E-state index in [4.69, 9.17) is 21.4 Å². The lowest BCUT2D eigenvalue weighted by molar-refractivity contribution is -0.145. The van der Waals surface area contributed by atoms with Crippen LogP contribution in [0.25, 0.3) is 5.57 Å². The molecule has 1 unspecified atom stereocenters. The van der Waals surface area contributed by atoms with Gasteiger partial charge in [-0.15, -0.1) is 0 Å². The fourth-order valence-electron chi connectivity index (χ4n) is 2.37. The molecule has 0 aliphatic carbocycles. The second-order valence-corrected chi connectivity index (χ2v) is 5.59. The van der Waals surface area contributed by atoms with Crippen molar-refractivity contribution in [1.82, 2.24) is 4.90 Å². The van der Waals surface area contributed by atoms with Crippen molar-refractivity contribution in [1.29, 1.82) is 0 Å². The minimum absolute atomic E-state index is 0.100. The first-order valence-corrected chi connectivity index (χ1v) is 7.40. The number of benzene rings is 1. The highest BCUT2D eigenvalue weighted by atomic mass is 35.5. The van der Waals surface area contributed by atoms with Crippen LogP contribution in [0.3, 0.4) is 0 Å². The number of nitrogens with zero attached hydrogens (tertiary/aromatic N) is 1. The lowest BCUT2D eigenvalue weighted by Gasteiger charge is -2.31. The highest BCUT2D eigenvalue weighted by Crippen LogP contribution is 2.23. The number of aliphatic carboxylic acids is 1. The fraction of sp³-hybridized carbons (Fsp3) is 0.375. The molecule has 1 aliphatic rings. The fourth-order valence-corrected chi connectivity index (χ4v) is 2.66. The van der Waals surface area contributed by atoms with Gasteiger partial charge in [-0.25, -0.2) is 0 Å². The van der Waals surface area contributed by atoms with E-state index in [9.17, 15) is 9.59 Å². The molecule has 0 aromatic heterocycles. The van der Waals surface area contributed by atoms with E-state index < -0.39 is 12.1 Å². The molecule has 1 aromatic rings. The minimum atomic E-state index is -0.929. The number of rotatable bonds is 4. The number of amides is 1. The number of carboxylic acid groups (broad SMARTS) is 1. The van der Waals surface area contributed by atoms with Gasteiger partial charge >= 0.3 is 5.97 Å². The van der Waals surface area contributed by atoms with E-state index in [1.165, 1.54) is 6.08 Å². The summed E-state index contributed by atoms with van der Waals surface area (Å²) in [5.41, 5.74) is 1.59. The molecule has 0 spiro atoms. The maximum Gasteiger partial charge on any atom is 0.306 e. The van der Waals surface area contributed by atoms with Crippen molar-refractivity contribution < 1.29 is 19.4 Å². The molecule has 1 heterocycles. The predicted molar refractivity (Wildman–Crippen MR) is 83.7 cm³/mol. The monoisotopic (exact) mass is 323 g/mol. The van der Waals surface area contributed by atoms with Crippen molar-refractivity contribution >= 4 is 29.1 Å². The Morgan fingerprint density at radius 2 is 2.18 bits per heavy atom. The first kappa shape index (κ1) is 16.5. The van der Waals surface area contributed by atoms with Gasteiger partial charge in [0, 0.05) is 24.2 Å². The largest absolute Gasteiger partial charge is 0.481 e. The van der Waals surface area contributed by atoms with Crippen molar-refractivity contribution in [2.24, 2.45) is 0 Å². The average Bonchev–Trinajstić information content (AvgIpc) is 2.47. The lowest BCUT2D eigenvalue weighted by atomic mass is 10.1. The van der Waals surface area contributed by atoms with E-state index in [-0.39, 0.29) is 18.9 Å². The molecule has 6 heteroatoms. The van der Waals surface area contributed by atoms with Crippen molar-refractivity contribution in [3.63, 3.8) is 0 Å². The van der Waals surface area contributed by atoms with Gasteiger partial charge in [-0.3, -0.25) is 9.59 Å². The van der Waals surface area contributed by atoms with Gasteiger partial charge in [0.2, 0.25) is 5.91 Å². The maximum absolute atomic E-state index is 12.3. The Labute approximate surface area is 134 Å². The normalized spacial score (nSPS) is 19.1. The summed E-state index contributed by atoms with van der Waals surface area (Å²) < 4.78 is 5.36. The predicted octanol–water partition coefficient (Wildman–Crippen LogP) is 2.45. The number of morpholine rings is 1.